The van der Waals surface area contributed by atoms with Crippen LogP contribution in [0.4, 0.5) is 0 Å². The van der Waals surface area contributed by atoms with E-state index in [1.807, 2.05) is 0 Å². The Morgan fingerprint density at radius 2 is 1.70 bits per heavy atom. The highest BCUT2D eigenvalue weighted by molar-refractivity contribution is 5.85. The van der Waals surface area contributed by atoms with Gasteiger partial charge in [0.25, 0.3) is 0 Å². The normalized spacial score (nSPS) is 37.8. The molecule has 1 aliphatic heterocycles. The Morgan fingerprint density at radius 3 is 2.45 bits per heavy atom. The zero-order valence-electron chi connectivity index (χ0n) is 12.4. The van der Waals surface area contributed by atoms with Crippen molar-refractivity contribution in [1.29, 1.82) is 0 Å². The summed E-state index contributed by atoms with van der Waals surface area (Å²) in [6.07, 6.45) is 11.3. The van der Waals surface area contributed by atoms with E-state index in [2.05, 4.69) is 4.90 Å². The molecule has 4 atom stereocenters. The van der Waals surface area contributed by atoms with Gasteiger partial charge in [0, 0.05) is 25.0 Å². The first-order valence-corrected chi connectivity index (χ1v) is 8.28. The maximum absolute atomic E-state index is 12.6. The summed E-state index contributed by atoms with van der Waals surface area (Å²) in [7, 11) is 0. The number of carbonyl (C=O) groups excluding carboxylic acids is 1. The van der Waals surface area contributed by atoms with Crippen molar-refractivity contribution in [2.75, 3.05) is 13.1 Å². The van der Waals surface area contributed by atoms with E-state index in [4.69, 9.17) is 5.73 Å². The first-order chi connectivity index (χ1) is 9.24. The van der Waals surface area contributed by atoms with Crippen LogP contribution < -0.4 is 5.73 Å². The first-order valence-electron chi connectivity index (χ1n) is 8.28. The van der Waals surface area contributed by atoms with Gasteiger partial charge in [-0.05, 0) is 43.9 Å². The van der Waals surface area contributed by atoms with E-state index in [0.717, 1.165) is 50.6 Å². The first kappa shape index (κ1) is 16.1. The molecule has 0 spiro atoms. The predicted octanol–water partition coefficient (Wildman–Crippen LogP) is 2.96. The Bertz CT molecular complexity index is 336. The van der Waals surface area contributed by atoms with Crippen LogP contribution in [0.1, 0.15) is 57.8 Å². The molecule has 1 saturated heterocycles. The van der Waals surface area contributed by atoms with Gasteiger partial charge in [-0.3, -0.25) is 4.79 Å². The molecule has 3 rings (SSSR count). The van der Waals surface area contributed by atoms with Gasteiger partial charge in [-0.25, -0.2) is 0 Å². The summed E-state index contributed by atoms with van der Waals surface area (Å²) in [5, 5.41) is 0. The van der Waals surface area contributed by atoms with Gasteiger partial charge in [-0.2, -0.15) is 0 Å². The molecule has 3 unspecified atom stereocenters. The molecule has 0 aromatic carbocycles. The molecule has 2 N–H and O–H groups in total. The second-order valence-corrected chi connectivity index (χ2v) is 7.00. The Labute approximate surface area is 129 Å². The molecule has 0 aromatic heterocycles. The van der Waals surface area contributed by atoms with Crippen LogP contribution in [0.3, 0.4) is 0 Å². The Kier molecular flexibility index (Phi) is 5.74. The number of fused-ring (bicyclic) bond motifs is 1. The van der Waals surface area contributed by atoms with E-state index in [-0.39, 0.29) is 18.4 Å². The van der Waals surface area contributed by atoms with E-state index in [9.17, 15) is 4.79 Å². The fourth-order valence-electron chi connectivity index (χ4n) is 4.57. The van der Waals surface area contributed by atoms with Gasteiger partial charge in [0.1, 0.15) is 0 Å². The molecule has 1 heterocycles. The monoisotopic (exact) mass is 300 g/mol. The highest BCUT2D eigenvalue weighted by atomic mass is 35.5. The van der Waals surface area contributed by atoms with Crippen LogP contribution in [0.5, 0.6) is 0 Å². The maximum atomic E-state index is 12.6. The van der Waals surface area contributed by atoms with Gasteiger partial charge in [0.15, 0.2) is 0 Å². The van der Waals surface area contributed by atoms with Crippen LogP contribution in [-0.4, -0.2) is 29.9 Å². The van der Waals surface area contributed by atoms with Crippen molar-refractivity contribution in [1.82, 2.24) is 4.90 Å². The Morgan fingerprint density at radius 1 is 0.950 bits per heavy atom. The van der Waals surface area contributed by atoms with E-state index < -0.39 is 0 Å². The minimum Gasteiger partial charge on any atom is -0.341 e. The van der Waals surface area contributed by atoms with Gasteiger partial charge in [0.2, 0.25) is 5.91 Å². The van der Waals surface area contributed by atoms with Crippen molar-refractivity contribution >= 4 is 18.3 Å². The molecule has 2 aliphatic carbocycles. The lowest BCUT2D eigenvalue weighted by Crippen LogP contribution is -2.48. The summed E-state index contributed by atoms with van der Waals surface area (Å²) in [6, 6.07) is 0.212. The third kappa shape index (κ3) is 3.48. The molecular formula is C16H29ClN2O. The Hall–Kier alpha value is -0.280. The number of carbonyl (C=O) groups is 1. The number of nitrogens with zero attached hydrogens (tertiary/aromatic N) is 1. The standard InChI is InChI=1S/C16H28N2O.ClH/c17-15-6-3-9-18(11-15)16(19)14-8-7-12-4-1-2-5-13(12)10-14;/h12-15H,1-11,17H2;1H/t12?,13?,14?,15-;/m1./s1. The Balaban J connectivity index is 0.00000147. The summed E-state index contributed by atoms with van der Waals surface area (Å²) >= 11 is 0. The van der Waals surface area contributed by atoms with Crippen LogP contribution in [0.25, 0.3) is 0 Å². The average molecular weight is 301 g/mol. The van der Waals surface area contributed by atoms with Gasteiger partial charge in [0.05, 0.1) is 0 Å². The third-order valence-corrected chi connectivity index (χ3v) is 5.66. The number of amides is 1. The fourth-order valence-corrected chi connectivity index (χ4v) is 4.57. The average Bonchev–Trinajstić information content (AvgIpc) is 2.46. The summed E-state index contributed by atoms with van der Waals surface area (Å²) in [6.45, 7) is 1.74. The molecule has 3 fully saturated rings. The summed E-state index contributed by atoms with van der Waals surface area (Å²) in [4.78, 5) is 14.7. The maximum Gasteiger partial charge on any atom is 0.225 e. The molecule has 0 bridgehead atoms. The van der Waals surface area contributed by atoms with E-state index in [1.165, 1.54) is 32.1 Å². The molecule has 4 heteroatoms. The summed E-state index contributed by atoms with van der Waals surface area (Å²) < 4.78 is 0. The zero-order chi connectivity index (χ0) is 13.2. The van der Waals surface area contributed by atoms with E-state index >= 15 is 0 Å². The third-order valence-electron chi connectivity index (χ3n) is 5.66. The molecule has 0 aromatic rings. The van der Waals surface area contributed by atoms with Crippen LogP contribution >= 0.6 is 12.4 Å². The number of piperidine rings is 1. The number of rotatable bonds is 1. The minimum absolute atomic E-state index is 0. The molecule has 3 nitrogen and oxygen atoms in total. The van der Waals surface area contributed by atoms with Crippen molar-refractivity contribution in [2.24, 2.45) is 23.5 Å². The van der Waals surface area contributed by atoms with Crippen molar-refractivity contribution < 1.29 is 4.79 Å². The molecule has 3 aliphatic rings. The predicted molar refractivity (Wildman–Crippen MR) is 83.8 cm³/mol. The molecule has 116 valence electrons. The number of hydrogen-bond acceptors (Lipinski definition) is 2. The lowest BCUT2D eigenvalue weighted by molar-refractivity contribution is -0.139. The highest BCUT2D eigenvalue weighted by Gasteiger charge is 2.37. The van der Waals surface area contributed by atoms with E-state index in [1.54, 1.807) is 0 Å². The second kappa shape index (κ2) is 7.13. The number of nitrogens with two attached hydrogens (primary N) is 1. The smallest absolute Gasteiger partial charge is 0.225 e. The molecule has 20 heavy (non-hydrogen) atoms. The lowest BCUT2D eigenvalue weighted by Gasteiger charge is -2.41. The van der Waals surface area contributed by atoms with Crippen molar-refractivity contribution in [2.45, 2.75) is 63.8 Å². The van der Waals surface area contributed by atoms with Crippen LogP contribution in [0.2, 0.25) is 0 Å². The number of likely N-dealkylation sites (tertiary alicyclic amines) is 1. The van der Waals surface area contributed by atoms with Crippen LogP contribution in [-0.2, 0) is 4.79 Å². The van der Waals surface area contributed by atoms with Crippen molar-refractivity contribution in [3.05, 3.63) is 0 Å². The SMILES string of the molecule is Cl.N[C@@H]1CCCN(C(=O)C2CCC3CCCCC3C2)C1. The highest BCUT2D eigenvalue weighted by Crippen LogP contribution is 2.43. The largest absolute Gasteiger partial charge is 0.341 e. The summed E-state index contributed by atoms with van der Waals surface area (Å²) in [5.74, 6) is 2.50. The topological polar surface area (TPSA) is 46.3 Å². The quantitative estimate of drug-likeness (QED) is 0.809. The number of halogens is 1. The summed E-state index contributed by atoms with van der Waals surface area (Å²) in [5.41, 5.74) is 6.00. The van der Waals surface area contributed by atoms with Gasteiger partial charge < -0.3 is 10.6 Å². The number of hydrogen-bond donors (Lipinski definition) is 1. The minimum atomic E-state index is 0. The molecular weight excluding hydrogens is 272 g/mol. The molecule has 1 amide bonds. The van der Waals surface area contributed by atoms with Gasteiger partial charge in [-0.15, -0.1) is 12.4 Å². The van der Waals surface area contributed by atoms with Crippen molar-refractivity contribution in [3.8, 4) is 0 Å². The second-order valence-electron chi connectivity index (χ2n) is 7.00. The zero-order valence-corrected chi connectivity index (χ0v) is 13.2. The van der Waals surface area contributed by atoms with E-state index in [0.29, 0.717) is 11.8 Å². The molecule has 2 saturated carbocycles. The van der Waals surface area contributed by atoms with Gasteiger partial charge in [-0.1, -0.05) is 25.7 Å². The molecule has 0 radical (unpaired) electrons. The fraction of sp³-hybridized carbons (Fsp3) is 0.938. The lowest BCUT2D eigenvalue weighted by atomic mass is 9.67. The van der Waals surface area contributed by atoms with Crippen LogP contribution in [0.15, 0.2) is 0 Å². The van der Waals surface area contributed by atoms with Crippen LogP contribution in [0, 0.1) is 17.8 Å². The van der Waals surface area contributed by atoms with Crippen molar-refractivity contribution in [3.63, 3.8) is 0 Å². The van der Waals surface area contributed by atoms with Gasteiger partial charge >= 0.3 is 0 Å².